The van der Waals surface area contributed by atoms with Crippen LogP contribution in [0.5, 0.6) is 0 Å². The van der Waals surface area contributed by atoms with Gasteiger partial charge < -0.3 is 0 Å². The van der Waals surface area contributed by atoms with Gasteiger partial charge in [-0.05, 0) is 56.9 Å². The van der Waals surface area contributed by atoms with Crippen LogP contribution in [-0.2, 0) is 0 Å². The van der Waals surface area contributed by atoms with Crippen molar-refractivity contribution in [3.8, 4) is 22.3 Å². The van der Waals surface area contributed by atoms with E-state index < -0.39 is 0 Å². The summed E-state index contributed by atoms with van der Waals surface area (Å²) in [7, 11) is 0. The van der Waals surface area contributed by atoms with Gasteiger partial charge in [0.15, 0.2) is 0 Å². The Bertz CT molecular complexity index is 2230. The lowest BCUT2D eigenvalue weighted by molar-refractivity contribution is 1.77. The summed E-state index contributed by atoms with van der Waals surface area (Å²) in [5.41, 5.74) is 5.31. The highest BCUT2D eigenvalue weighted by Gasteiger charge is 2.19. The van der Waals surface area contributed by atoms with E-state index in [1.165, 1.54) is 84.1 Å². The topological polar surface area (TPSA) is 0 Å². The normalized spacial score (nSPS) is 12.1. The smallest absolute Gasteiger partial charge is 0.0434 e. The second-order valence-electron chi connectivity index (χ2n) is 10.1. The van der Waals surface area contributed by atoms with Crippen LogP contribution >= 0.6 is 34.0 Å². The zero-order valence-electron chi connectivity index (χ0n) is 20.8. The van der Waals surface area contributed by atoms with Crippen molar-refractivity contribution >= 4 is 95.9 Å². The molecule has 0 spiro atoms. The monoisotopic (exact) mass is 548 g/mol. The highest BCUT2D eigenvalue weighted by molar-refractivity contribution is 7.27. The predicted molar refractivity (Wildman–Crippen MR) is 176 cm³/mol. The van der Waals surface area contributed by atoms with E-state index >= 15 is 0 Å². The quantitative estimate of drug-likeness (QED) is 0.201. The lowest BCUT2D eigenvalue weighted by Gasteiger charge is -2.10. The molecule has 39 heavy (non-hydrogen) atoms. The average molecular weight is 549 g/mol. The SMILES string of the molecule is c1ccc2c(-c3cc4c5cc(-c6csc7ccccc67)c6ccccc6c5sc4c4ccccc34)csc2c1. The molecule has 0 bridgehead atoms. The predicted octanol–water partition coefficient (Wildman–Crippen LogP) is 12.1. The lowest BCUT2D eigenvalue weighted by Crippen LogP contribution is -1.83. The van der Waals surface area contributed by atoms with Gasteiger partial charge in [-0.25, -0.2) is 0 Å². The third-order valence-corrected chi connectivity index (χ3v) is 11.2. The van der Waals surface area contributed by atoms with Gasteiger partial charge in [0.1, 0.15) is 0 Å². The van der Waals surface area contributed by atoms with Crippen molar-refractivity contribution in [1.29, 1.82) is 0 Å². The van der Waals surface area contributed by atoms with Gasteiger partial charge in [0, 0.05) is 62.2 Å². The molecule has 0 saturated carbocycles. The number of benzene rings is 6. The summed E-state index contributed by atoms with van der Waals surface area (Å²) in [6.07, 6.45) is 0. The van der Waals surface area contributed by atoms with Crippen molar-refractivity contribution in [2.75, 3.05) is 0 Å². The molecule has 9 aromatic rings. The highest BCUT2D eigenvalue weighted by Crippen LogP contribution is 2.49. The van der Waals surface area contributed by atoms with E-state index in [1.807, 2.05) is 34.0 Å². The Labute approximate surface area is 237 Å². The Morgan fingerprint density at radius 3 is 1.18 bits per heavy atom. The van der Waals surface area contributed by atoms with E-state index in [2.05, 4.69) is 120 Å². The van der Waals surface area contributed by atoms with E-state index in [1.54, 1.807) is 0 Å². The molecule has 0 amide bonds. The molecule has 3 heterocycles. The maximum Gasteiger partial charge on any atom is 0.0434 e. The van der Waals surface area contributed by atoms with E-state index in [-0.39, 0.29) is 0 Å². The van der Waals surface area contributed by atoms with Crippen molar-refractivity contribution in [2.45, 2.75) is 0 Å². The maximum absolute atomic E-state index is 2.47. The summed E-state index contributed by atoms with van der Waals surface area (Å²) in [5, 5.41) is 15.4. The minimum absolute atomic E-state index is 1.32. The molecule has 3 heteroatoms. The van der Waals surface area contributed by atoms with Crippen LogP contribution in [0.4, 0.5) is 0 Å². The van der Waals surface area contributed by atoms with Crippen LogP contribution in [-0.4, -0.2) is 0 Å². The first kappa shape index (κ1) is 21.9. The number of fused-ring (bicyclic) bond motifs is 9. The number of hydrogen-bond acceptors (Lipinski definition) is 3. The third-order valence-electron chi connectivity index (χ3n) is 8.03. The molecular formula is C36H20S3. The van der Waals surface area contributed by atoms with Crippen molar-refractivity contribution < 1.29 is 0 Å². The minimum Gasteiger partial charge on any atom is -0.143 e. The zero-order valence-corrected chi connectivity index (χ0v) is 23.2. The van der Waals surface area contributed by atoms with Crippen molar-refractivity contribution in [3.05, 3.63) is 120 Å². The van der Waals surface area contributed by atoms with E-state index in [0.29, 0.717) is 0 Å². The fraction of sp³-hybridized carbons (Fsp3) is 0. The van der Waals surface area contributed by atoms with E-state index in [4.69, 9.17) is 0 Å². The largest absolute Gasteiger partial charge is 0.143 e. The van der Waals surface area contributed by atoms with Crippen molar-refractivity contribution in [3.63, 3.8) is 0 Å². The standard InChI is InChI=1S/C36H20S3/c1-3-13-25-21(9-1)27(31-19-37-33-15-7-5-11-23(31)33)17-29-30-18-28(32-20-38-34-16-8-6-12-24(32)34)22-10-2-4-14-26(22)36(30)39-35(25)29/h1-20H. The van der Waals surface area contributed by atoms with Crippen LogP contribution in [0.2, 0.25) is 0 Å². The van der Waals surface area contributed by atoms with Crippen LogP contribution < -0.4 is 0 Å². The fourth-order valence-electron chi connectivity index (χ4n) is 6.24. The summed E-state index contributed by atoms with van der Waals surface area (Å²) in [5.74, 6) is 0. The Hall–Kier alpha value is -4.02. The Morgan fingerprint density at radius 2 is 0.718 bits per heavy atom. The second kappa shape index (κ2) is 8.24. The molecule has 0 atom stereocenters. The van der Waals surface area contributed by atoms with E-state index in [9.17, 15) is 0 Å². The van der Waals surface area contributed by atoms with Crippen LogP contribution in [0, 0.1) is 0 Å². The average Bonchev–Trinajstić information content (AvgIpc) is 3.72. The molecule has 3 aromatic heterocycles. The lowest BCUT2D eigenvalue weighted by atomic mass is 9.92. The molecule has 0 fully saturated rings. The molecule has 0 N–H and O–H groups in total. The second-order valence-corrected chi connectivity index (χ2v) is 12.9. The van der Waals surface area contributed by atoms with E-state index in [0.717, 1.165) is 0 Å². The molecule has 0 unspecified atom stereocenters. The fourth-order valence-corrected chi connectivity index (χ4v) is 9.50. The third kappa shape index (κ3) is 3.09. The van der Waals surface area contributed by atoms with Crippen LogP contribution in [0.3, 0.4) is 0 Å². The van der Waals surface area contributed by atoms with Gasteiger partial charge in [-0.3, -0.25) is 0 Å². The first-order valence-electron chi connectivity index (χ1n) is 13.1. The van der Waals surface area contributed by atoms with Gasteiger partial charge in [0.2, 0.25) is 0 Å². The van der Waals surface area contributed by atoms with Gasteiger partial charge >= 0.3 is 0 Å². The van der Waals surface area contributed by atoms with Crippen LogP contribution in [0.1, 0.15) is 0 Å². The van der Waals surface area contributed by atoms with Crippen molar-refractivity contribution in [1.82, 2.24) is 0 Å². The molecule has 6 aromatic carbocycles. The summed E-state index contributed by atoms with van der Waals surface area (Å²) in [6.45, 7) is 0. The van der Waals surface area contributed by atoms with Gasteiger partial charge in [0.05, 0.1) is 0 Å². The highest BCUT2D eigenvalue weighted by atomic mass is 32.1. The summed E-state index contributed by atoms with van der Waals surface area (Å²) >= 11 is 5.62. The number of thiophene rings is 3. The molecular weight excluding hydrogens is 529 g/mol. The molecule has 0 nitrogen and oxygen atoms in total. The van der Waals surface area contributed by atoms with Crippen LogP contribution in [0.25, 0.3) is 84.1 Å². The molecule has 9 rings (SSSR count). The maximum atomic E-state index is 2.47. The van der Waals surface area contributed by atoms with Gasteiger partial charge in [-0.1, -0.05) is 84.9 Å². The van der Waals surface area contributed by atoms with Crippen molar-refractivity contribution in [2.24, 2.45) is 0 Å². The Balaban J connectivity index is 1.45. The molecule has 0 aliphatic heterocycles. The number of rotatable bonds is 2. The first-order chi connectivity index (χ1) is 19.3. The summed E-state index contributed by atoms with van der Waals surface area (Å²) in [6, 6.07) is 40.4. The van der Waals surface area contributed by atoms with Crippen LogP contribution in [0.15, 0.2) is 120 Å². The summed E-state index contributed by atoms with van der Waals surface area (Å²) in [4.78, 5) is 0. The van der Waals surface area contributed by atoms with Gasteiger partial charge in [-0.2, -0.15) is 0 Å². The number of hydrogen-bond donors (Lipinski definition) is 0. The molecule has 0 aliphatic carbocycles. The Morgan fingerprint density at radius 1 is 0.333 bits per heavy atom. The Kier molecular flexibility index (Phi) is 4.62. The molecule has 182 valence electrons. The minimum atomic E-state index is 1.32. The molecule has 0 radical (unpaired) electrons. The molecule has 0 aliphatic rings. The first-order valence-corrected chi connectivity index (χ1v) is 15.7. The van der Waals surface area contributed by atoms with Gasteiger partial charge in [-0.15, -0.1) is 34.0 Å². The zero-order chi connectivity index (χ0) is 25.5. The van der Waals surface area contributed by atoms with Gasteiger partial charge in [0.25, 0.3) is 0 Å². The summed E-state index contributed by atoms with van der Waals surface area (Å²) < 4.78 is 5.43. The molecule has 0 saturated heterocycles.